The summed E-state index contributed by atoms with van der Waals surface area (Å²) in [7, 11) is 0. The number of aliphatic hydroxyl groups is 1. The minimum Gasteiger partial charge on any atom is -0.394 e. The van der Waals surface area contributed by atoms with E-state index in [1.54, 1.807) is 18.4 Å². The van der Waals surface area contributed by atoms with Gasteiger partial charge in [0.25, 0.3) is 5.56 Å². The van der Waals surface area contributed by atoms with Gasteiger partial charge in [0.2, 0.25) is 11.9 Å². The third-order valence-corrected chi connectivity index (χ3v) is 4.23. The van der Waals surface area contributed by atoms with E-state index < -0.39 is 5.56 Å². The molecule has 9 nitrogen and oxygen atoms in total. The van der Waals surface area contributed by atoms with E-state index in [-0.39, 0.29) is 48.1 Å². The lowest BCUT2D eigenvalue weighted by atomic mass is 10.0. The number of hydrogen-bond acceptors (Lipinski definition) is 6. The SMILES string of the molecule is CC(C)C(=O)Nc1nc2c(ncn2[C@H]2C[C@H](C)[C@@H](CO)O2)c(=O)[nH]1. The Bertz CT molecular complexity index is 812. The smallest absolute Gasteiger partial charge is 0.280 e. The van der Waals surface area contributed by atoms with Crippen molar-refractivity contribution in [1.82, 2.24) is 19.5 Å². The first-order chi connectivity index (χ1) is 11.4. The van der Waals surface area contributed by atoms with Gasteiger partial charge >= 0.3 is 0 Å². The fourth-order valence-corrected chi connectivity index (χ4v) is 2.72. The van der Waals surface area contributed by atoms with Gasteiger partial charge in [-0.2, -0.15) is 4.98 Å². The van der Waals surface area contributed by atoms with Crippen LogP contribution in [0.3, 0.4) is 0 Å². The number of anilines is 1. The predicted molar refractivity (Wildman–Crippen MR) is 86.4 cm³/mol. The van der Waals surface area contributed by atoms with Gasteiger partial charge in [-0.25, -0.2) is 4.98 Å². The lowest BCUT2D eigenvalue weighted by Gasteiger charge is -2.14. The largest absolute Gasteiger partial charge is 0.394 e. The molecule has 0 aliphatic carbocycles. The molecule has 1 fully saturated rings. The average Bonchev–Trinajstić information content (AvgIpc) is 3.10. The van der Waals surface area contributed by atoms with Crippen molar-refractivity contribution < 1.29 is 14.6 Å². The number of aromatic nitrogens is 4. The van der Waals surface area contributed by atoms with Crippen LogP contribution in [0.15, 0.2) is 11.1 Å². The summed E-state index contributed by atoms with van der Waals surface area (Å²) in [6.45, 7) is 5.43. The highest BCUT2D eigenvalue weighted by Gasteiger charge is 2.33. The van der Waals surface area contributed by atoms with Crippen LogP contribution in [0.5, 0.6) is 0 Å². The van der Waals surface area contributed by atoms with Crippen molar-refractivity contribution in [2.75, 3.05) is 11.9 Å². The number of hydrogen-bond donors (Lipinski definition) is 3. The summed E-state index contributed by atoms with van der Waals surface area (Å²) in [5.41, 5.74) is 0.0948. The van der Waals surface area contributed by atoms with Gasteiger partial charge in [-0.3, -0.25) is 24.5 Å². The van der Waals surface area contributed by atoms with E-state index >= 15 is 0 Å². The zero-order chi connectivity index (χ0) is 17.4. The number of carbonyl (C=O) groups is 1. The first-order valence-corrected chi connectivity index (χ1v) is 7.94. The minimum atomic E-state index is -0.428. The molecule has 0 bridgehead atoms. The Labute approximate surface area is 138 Å². The van der Waals surface area contributed by atoms with E-state index in [4.69, 9.17) is 4.74 Å². The lowest BCUT2D eigenvalue weighted by molar-refractivity contribution is -0.118. The lowest BCUT2D eigenvalue weighted by Crippen LogP contribution is -2.22. The number of nitrogens with one attached hydrogen (secondary N) is 2. The van der Waals surface area contributed by atoms with Crippen LogP contribution in [0.25, 0.3) is 11.2 Å². The molecule has 24 heavy (non-hydrogen) atoms. The summed E-state index contributed by atoms with van der Waals surface area (Å²) < 4.78 is 7.48. The maximum Gasteiger partial charge on any atom is 0.280 e. The van der Waals surface area contributed by atoms with Crippen molar-refractivity contribution in [3.05, 3.63) is 16.7 Å². The molecule has 3 rings (SSSR count). The Morgan fingerprint density at radius 2 is 2.33 bits per heavy atom. The molecule has 9 heteroatoms. The van der Waals surface area contributed by atoms with Gasteiger partial charge in [-0.05, 0) is 12.3 Å². The fraction of sp³-hybridized carbons (Fsp3) is 0.600. The van der Waals surface area contributed by atoms with Crippen LogP contribution < -0.4 is 10.9 Å². The van der Waals surface area contributed by atoms with Crippen molar-refractivity contribution in [2.45, 2.75) is 39.5 Å². The maximum absolute atomic E-state index is 12.2. The zero-order valence-electron chi connectivity index (χ0n) is 13.8. The third kappa shape index (κ3) is 2.92. The Balaban J connectivity index is 1.97. The maximum atomic E-state index is 12.2. The quantitative estimate of drug-likeness (QED) is 0.753. The van der Waals surface area contributed by atoms with Crippen LogP contribution >= 0.6 is 0 Å². The summed E-state index contributed by atoms with van der Waals surface area (Å²) in [6, 6.07) is 0. The second kappa shape index (κ2) is 6.33. The van der Waals surface area contributed by atoms with Crippen LogP contribution in [0.1, 0.15) is 33.4 Å². The van der Waals surface area contributed by atoms with Crippen molar-refractivity contribution in [1.29, 1.82) is 0 Å². The number of fused-ring (bicyclic) bond motifs is 1. The normalized spacial score (nSPS) is 24.0. The van der Waals surface area contributed by atoms with Crippen molar-refractivity contribution in [3.8, 4) is 0 Å². The molecule has 0 saturated carbocycles. The molecule has 1 amide bonds. The van der Waals surface area contributed by atoms with Crippen LogP contribution in [0.2, 0.25) is 0 Å². The molecule has 130 valence electrons. The van der Waals surface area contributed by atoms with Crippen molar-refractivity contribution in [3.63, 3.8) is 0 Å². The van der Waals surface area contributed by atoms with Gasteiger partial charge in [0.15, 0.2) is 11.2 Å². The standard InChI is InChI=1S/C15H21N5O4/c1-7(2)13(22)18-15-17-12-11(14(23)19-15)16-6-20(12)10-4-8(3)9(5-21)24-10/h6-10,21H,4-5H2,1-3H3,(H2,17,18,19,22,23)/t8-,9+,10+/m0/s1. The van der Waals surface area contributed by atoms with Crippen LogP contribution in [-0.4, -0.2) is 43.2 Å². The van der Waals surface area contributed by atoms with E-state index in [1.807, 2.05) is 6.92 Å². The summed E-state index contributed by atoms with van der Waals surface area (Å²) in [5.74, 6) is -0.216. The second-order valence-electron chi connectivity index (χ2n) is 6.41. The fourth-order valence-electron chi connectivity index (χ4n) is 2.72. The van der Waals surface area contributed by atoms with Crippen LogP contribution in [0.4, 0.5) is 5.95 Å². The topological polar surface area (TPSA) is 122 Å². The summed E-state index contributed by atoms with van der Waals surface area (Å²) in [6.07, 6.45) is 1.57. The van der Waals surface area contributed by atoms with Gasteiger partial charge in [-0.15, -0.1) is 0 Å². The molecular weight excluding hydrogens is 314 g/mol. The molecule has 2 aromatic heterocycles. The zero-order valence-corrected chi connectivity index (χ0v) is 13.8. The van der Waals surface area contributed by atoms with E-state index in [9.17, 15) is 14.7 Å². The molecule has 1 aliphatic heterocycles. The molecule has 1 aliphatic rings. The Hall–Kier alpha value is -2.26. The molecule has 0 spiro atoms. The molecule has 1 saturated heterocycles. The average molecular weight is 335 g/mol. The van der Waals surface area contributed by atoms with Crippen molar-refractivity contribution in [2.24, 2.45) is 11.8 Å². The number of amides is 1. The highest BCUT2D eigenvalue weighted by molar-refractivity contribution is 5.91. The highest BCUT2D eigenvalue weighted by atomic mass is 16.5. The van der Waals surface area contributed by atoms with Gasteiger partial charge < -0.3 is 9.84 Å². The third-order valence-electron chi connectivity index (χ3n) is 4.23. The summed E-state index contributed by atoms with van der Waals surface area (Å²) in [5, 5.41) is 11.9. The number of imidazole rings is 1. The predicted octanol–water partition coefficient (Wildman–Crippen LogP) is 0.630. The molecule has 0 radical (unpaired) electrons. The van der Waals surface area contributed by atoms with Crippen molar-refractivity contribution >= 4 is 23.0 Å². The monoisotopic (exact) mass is 335 g/mol. The molecule has 3 atom stereocenters. The van der Waals surface area contributed by atoms with Gasteiger partial charge in [0, 0.05) is 5.92 Å². The number of rotatable bonds is 4. The highest BCUT2D eigenvalue weighted by Crippen LogP contribution is 2.34. The molecule has 3 heterocycles. The molecule has 0 aromatic carbocycles. The number of aromatic amines is 1. The Kier molecular flexibility index (Phi) is 4.37. The Morgan fingerprint density at radius 1 is 1.58 bits per heavy atom. The molecular formula is C15H21N5O4. The van der Waals surface area contributed by atoms with E-state index in [2.05, 4.69) is 20.3 Å². The molecule has 2 aromatic rings. The first kappa shape index (κ1) is 16.6. The number of ether oxygens (including phenoxy) is 1. The Morgan fingerprint density at radius 3 is 2.96 bits per heavy atom. The number of H-pyrrole nitrogens is 1. The van der Waals surface area contributed by atoms with Gasteiger partial charge in [0.1, 0.15) is 6.23 Å². The summed E-state index contributed by atoms with van der Waals surface area (Å²) in [4.78, 5) is 34.9. The van der Waals surface area contributed by atoms with E-state index in [0.717, 1.165) is 0 Å². The first-order valence-electron chi connectivity index (χ1n) is 7.94. The van der Waals surface area contributed by atoms with Crippen LogP contribution in [0, 0.1) is 11.8 Å². The van der Waals surface area contributed by atoms with Gasteiger partial charge in [-0.1, -0.05) is 20.8 Å². The number of nitrogens with zero attached hydrogens (tertiary/aromatic N) is 3. The van der Waals surface area contributed by atoms with Crippen LogP contribution in [-0.2, 0) is 9.53 Å². The number of aliphatic hydroxyl groups excluding tert-OH is 1. The second-order valence-corrected chi connectivity index (χ2v) is 6.41. The number of carbonyl (C=O) groups excluding carboxylic acids is 1. The summed E-state index contributed by atoms with van der Waals surface area (Å²) >= 11 is 0. The van der Waals surface area contributed by atoms with Gasteiger partial charge in [0.05, 0.1) is 19.0 Å². The molecule has 3 N–H and O–H groups in total. The minimum absolute atomic E-state index is 0.0615. The van der Waals surface area contributed by atoms with E-state index in [0.29, 0.717) is 12.1 Å². The molecule has 0 unspecified atom stereocenters. The van der Waals surface area contributed by atoms with E-state index in [1.165, 1.54) is 6.33 Å².